The SMILES string of the molecule is CCCC1(C(=O)O)CCCN(C(=O)C2CCCCS2)C1. The van der Waals surface area contributed by atoms with Gasteiger partial charge in [-0.15, -0.1) is 11.8 Å². The van der Waals surface area contributed by atoms with Crippen LogP contribution in [-0.2, 0) is 9.59 Å². The van der Waals surface area contributed by atoms with Crippen molar-refractivity contribution in [3.63, 3.8) is 0 Å². The molecule has 114 valence electrons. The fraction of sp³-hybridized carbons (Fsp3) is 0.867. The maximum Gasteiger partial charge on any atom is 0.311 e. The van der Waals surface area contributed by atoms with Crippen molar-refractivity contribution in [3.05, 3.63) is 0 Å². The van der Waals surface area contributed by atoms with E-state index in [9.17, 15) is 14.7 Å². The number of carbonyl (C=O) groups is 2. The Kier molecular flexibility index (Phi) is 5.35. The molecule has 0 aromatic rings. The number of piperidine rings is 1. The normalized spacial score (nSPS) is 31.1. The van der Waals surface area contributed by atoms with E-state index in [1.165, 1.54) is 6.42 Å². The summed E-state index contributed by atoms with van der Waals surface area (Å²) in [6.45, 7) is 3.16. The van der Waals surface area contributed by atoms with E-state index in [2.05, 4.69) is 0 Å². The van der Waals surface area contributed by atoms with Crippen LogP contribution in [-0.4, -0.2) is 46.0 Å². The summed E-state index contributed by atoms with van der Waals surface area (Å²) in [5, 5.41) is 9.65. The Morgan fingerprint density at radius 1 is 1.35 bits per heavy atom. The summed E-state index contributed by atoms with van der Waals surface area (Å²) in [6.07, 6.45) is 6.32. The summed E-state index contributed by atoms with van der Waals surface area (Å²) in [6, 6.07) is 0. The molecule has 4 nitrogen and oxygen atoms in total. The Bertz CT molecular complexity index is 364. The number of likely N-dealkylation sites (tertiary alicyclic amines) is 1. The minimum absolute atomic E-state index is 0.0648. The van der Waals surface area contributed by atoms with Crippen molar-refractivity contribution in [3.8, 4) is 0 Å². The topological polar surface area (TPSA) is 57.6 Å². The number of carboxylic acid groups (broad SMARTS) is 1. The van der Waals surface area contributed by atoms with Gasteiger partial charge in [0.15, 0.2) is 0 Å². The first-order valence-corrected chi connectivity index (χ1v) is 8.78. The lowest BCUT2D eigenvalue weighted by atomic mass is 9.76. The van der Waals surface area contributed by atoms with Crippen LogP contribution in [0.25, 0.3) is 0 Å². The Morgan fingerprint density at radius 2 is 2.15 bits per heavy atom. The lowest BCUT2D eigenvalue weighted by Gasteiger charge is -2.41. The van der Waals surface area contributed by atoms with Gasteiger partial charge in [-0.05, 0) is 37.9 Å². The van der Waals surface area contributed by atoms with Gasteiger partial charge in [-0.1, -0.05) is 19.8 Å². The number of hydrogen-bond donors (Lipinski definition) is 1. The first-order valence-electron chi connectivity index (χ1n) is 7.73. The van der Waals surface area contributed by atoms with E-state index in [4.69, 9.17) is 0 Å². The highest BCUT2D eigenvalue weighted by atomic mass is 32.2. The number of thioether (sulfide) groups is 1. The maximum atomic E-state index is 12.6. The molecule has 1 amide bonds. The molecular formula is C15H25NO3S. The van der Waals surface area contributed by atoms with Gasteiger partial charge in [0, 0.05) is 13.1 Å². The smallest absolute Gasteiger partial charge is 0.311 e. The number of aliphatic carboxylic acids is 1. The molecule has 2 unspecified atom stereocenters. The van der Waals surface area contributed by atoms with Crippen LogP contribution in [0.15, 0.2) is 0 Å². The zero-order chi connectivity index (χ0) is 14.6. The van der Waals surface area contributed by atoms with E-state index in [1.807, 2.05) is 11.8 Å². The van der Waals surface area contributed by atoms with E-state index >= 15 is 0 Å². The number of nitrogens with zero attached hydrogens (tertiary/aromatic N) is 1. The summed E-state index contributed by atoms with van der Waals surface area (Å²) >= 11 is 1.75. The van der Waals surface area contributed by atoms with Crippen molar-refractivity contribution in [2.75, 3.05) is 18.8 Å². The van der Waals surface area contributed by atoms with Crippen LogP contribution >= 0.6 is 11.8 Å². The standard InChI is InChI=1S/C15H25NO3S/c1-2-7-15(14(18)19)8-5-9-16(11-15)13(17)12-6-3-4-10-20-12/h12H,2-11H2,1H3,(H,18,19). The molecule has 0 radical (unpaired) electrons. The average molecular weight is 299 g/mol. The summed E-state index contributed by atoms with van der Waals surface area (Å²) in [7, 11) is 0. The quantitative estimate of drug-likeness (QED) is 0.867. The minimum Gasteiger partial charge on any atom is -0.481 e. The predicted molar refractivity (Wildman–Crippen MR) is 80.9 cm³/mol. The molecule has 0 bridgehead atoms. The van der Waals surface area contributed by atoms with Gasteiger partial charge in [0.05, 0.1) is 10.7 Å². The molecule has 5 heteroatoms. The molecule has 2 fully saturated rings. The van der Waals surface area contributed by atoms with Crippen LogP contribution in [0.2, 0.25) is 0 Å². The summed E-state index contributed by atoms with van der Waals surface area (Å²) in [5.74, 6) is 0.507. The first kappa shape index (κ1) is 15.7. The number of carbonyl (C=O) groups excluding carboxylic acids is 1. The third-order valence-corrected chi connectivity index (χ3v) is 5.89. The molecule has 2 atom stereocenters. The number of hydrogen-bond acceptors (Lipinski definition) is 3. The van der Waals surface area contributed by atoms with Crippen molar-refractivity contribution in [1.82, 2.24) is 4.90 Å². The van der Waals surface area contributed by atoms with Gasteiger partial charge in [-0.2, -0.15) is 0 Å². The van der Waals surface area contributed by atoms with Crippen LogP contribution in [0.3, 0.4) is 0 Å². The molecule has 1 N–H and O–H groups in total. The molecule has 2 aliphatic heterocycles. The van der Waals surface area contributed by atoms with E-state index in [0.717, 1.165) is 38.0 Å². The Hall–Kier alpha value is -0.710. The fourth-order valence-electron chi connectivity index (χ4n) is 3.42. The van der Waals surface area contributed by atoms with Crippen molar-refractivity contribution in [1.29, 1.82) is 0 Å². The first-order chi connectivity index (χ1) is 9.59. The predicted octanol–water partition coefficient (Wildman–Crippen LogP) is 2.77. The Balaban J connectivity index is 2.04. The van der Waals surface area contributed by atoms with Crippen molar-refractivity contribution >= 4 is 23.6 Å². The lowest BCUT2D eigenvalue weighted by Crippen LogP contribution is -2.52. The van der Waals surface area contributed by atoms with Gasteiger partial charge in [0.2, 0.25) is 5.91 Å². The molecule has 0 saturated carbocycles. The van der Waals surface area contributed by atoms with Gasteiger partial charge in [-0.25, -0.2) is 0 Å². The molecule has 0 aromatic heterocycles. The summed E-state index contributed by atoms with van der Waals surface area (Å²) in [5.41, 5.74) is -0.706. The molecule has 0 aromatic carbocycles. The molecule has 20 heavy (non-hydrogen) atoms. The van der Waals surface area contributed by atoms with E-state index in [-0.39, 0.29) is 11.2 Å². The Labute approximate surface area is 125 Å². The zero-order valence-electron chi connectivity index (χ0n) is 12.3. The zero-order valence-corrected chi connectivity index (χ0v) is 13.1. The second-order valence-corrected chi connectivity index (χ2v) is 7.36. The van der Waals surface area contributed by atoms with Gasteiger partial charge in [0.1, 0.15) is 0 Å². The highest BCUT2D eigenvalue weighted by Gasteiger charge is 2.43. The van der Waals surface area contributed by atoms with Crippen LogP contribution in [0.1, 0.15) is 51.9 Å². The van der Waals surface area contributed by atoms with Crippen LogP contribution in [0.4, 0.5) is 0 Å². The van der Waals surface area contributed by atoms with Gasteiger partial charge < -0.3 is 10.0 Å². The van der Waals surface area contributed by atoms with Crippen molar-refractivity contribution in [2.24, 2.45) is 5.41 Å². The van der Waals surface area contributed by atoms with Crippen LogP contribution in [0.5, 0.6) is 0 Å². The number of rotatable bonds is 4. The van der Waals surface area contributed by atoms with Gasteiger partial charge in [0.25, 0.3) is 0 Å². The second-order valence-electron chi connectivity index (χ2n) is 6.05. The maximum absolute atomic E-state index is 12.6. The highest BCUT2D eigenvalue weighted by Crippen LogP contribution is 2.36. The molecule has 0 aliphatic carbocycles. The Morgan fingerprint density at radius 3 is 2.75 bits per heavy atom. The highest BCUT2D eigenvalue weighted by molar-refractivity contribution is 8.00. The summed E-state index contributed by atoms with van der Waals surface area (Å²) in [4.78, 5) is 26.1. The van der Waals surface area contributed by atoms with E-state index in [0.29, 0.717) is 19.4 Å². The molecule has 2 rings (SSSR count). The minimum atomic E-state index is -0.729. The molecular weight excluding hydrogens is 274 g/mol. The van der Waals surface area contributed by atoms with Crippen LogP contribution < -0.4 is 0 Å². The monoisotopic (exact) mass is 299 g/mol. The number of amides is 1. The number of carboxylic acids is 1. The van der Waals surface area contributed by atoms with E-state index in [1.54, 1.807) is 11.8 Å². The van der Waals surface area contributed by atoms with E-state index < -0.39 is 11.4 Å². The van der Waals surface area contributed by atoms with Gasteiger partial charge in [-0.3, -0.25) is 9.59 Å². The van der Waals surface area contributed by atoms with Crippen LogP contribution in [0, 0.1) is 5.41 Å². The largest absolute Gasteiger partial charge is 0.481 e. The fourth-order valence-corrected chi connectivity index (χ4v) is 4.70. The average Bonchev–Trinajstić information content (AvgIpc) is 2.48. The third kappa shape index (κ3) is 3.30. The lowest BCUT2D eigenvalue weighted by molar-refractivity contribution is -0.155. The molecule has 2 aliphatic rings. The third-order valence-electron chi connectivity index (χ3n) is 4.53. The summed E-state index contributed by atoms with van der Waals surface area (Å²) < 4.78 is 0. The van der Waals surface area contributed by atoms with Crippen molar-refractivity contribution < 1.29 is 14.7 Å². The molecule has 2 heterocycles. The van der Waals surface area contributed by atoms with Crippen molar-refractivity contribution in [2.45, 2.75) is 57.1 Å². The second kappa shape index (κ2) is 6.83. The molecule has 0 spiro atoms. The molecule has 2 saturated heterocycles. The van der Waals surface area contributed by atoms with Gasteiger partial charge >= 0.3 is 5.97 Å².